The molecule has 4 rings (SSSR count). The lowest BCUT2D eigenvalue weighted by atomic mass is 9.97. The van der Waals surface area contributed by atoms with Crippen molar-refractivity contribution in [1.29, 1.82) is 0 Å². The van der Waals surface area contributed by atoms with Crippen molar-refractivity contribution in [1.82, 2.24) is 9.47 Å². The van der Waals surface area contributed by atoms with Crippen molar-refractivity contribution in [2.45, 2.75) is 25.9 Å². The van der Waals surface area contributed by atoms with E-state index >= 15 is 0 Å². The first-order valence-electron chi connectivity index (χ1n) is 9.69. The Morgan fingerprint density at radius 2 is 1.59 bits per heavy atom. The van der Waals surface area contributed by atoms with Gasteiger partial charge in [0.05, 0.1) is 0 Å². The lowest BCUT2D eigenvalue weighted by molar-refractivity contribution is -0.134. The van der Waals surface area contributed by atoms with Gasteiger partial charge in [-0.1, -0.05) is 60.7 Å². The molecule has 1 amide bonds. The molecule has 3 aromatic rings. The van der Waals surface area contributed by atoms with Gasteiger partial charge >= 0.3 is 0 Å². The molecule has 146 valence electrons. The lowest BCUT2D eigenvalue weighted by Gasteiger charge is -2.32. The van der Waals surface area contributed by atoms with Crippen LogP contribution in [0.25, 0.3) is 0 Å². The number of rotatable bonds is 4. The van der Waals surface area contributed by atoms with Gasteiger partial charge in [-0.25, -0.2) is 0 Å². The number of benzene rings is 2. The topological polar surface area (TPSA) is 59.4 Å². The third-order valence-corrected chi connectivity index (χ3v) is 5.43. The van der Waals surface area contributed by atoms with Gasteiger partial charge in [-0.3, -0.25) is 19.0 Å². The Morgan fingerprint density at radius 1 is 0.897 bits per heavy atom. The van der Waals surface area contributed by atoms with E-state index in [4.69, 9.17) is 0 Å². The zero-order chi connectivity index (χ0) is 20.4. The highest BCUT2D eigenvalue weighted by atomic mass is 16.2. The summed E-state index contributed by atoms with van der Waals surface area (Å²) in [6, 6.07) is 18.8. The number of hydrogen-bond donors (Lipinski definition) is 0. The van der Waals surface area contributed by atoms with Gasteiger partial charge < -0.3 is 4.90 Å². The fourth-order valence-electron chi connectivity index (χ4n) is 3.80. The Bertz CT molecular complexity index is 1120. The van der Waals surface area contributed by atoms with Gasteiger partial charge in [0.25, 0.3) is 11.5 Å². The van der Waals surface area contributed by atoms with E-state index < -0.39 is 6.04 Å². The number of pyridine rings is 1. The molecule has 29 heavy (non-hydrogen) atoms. The summed E-state index contributed by atoms with van der Waals surface area (Å²) in [5.74, 6) is -0.719. The predicted octanol–water partition coefficient (Wildman–Crippen LogP) is 3.17. The van der Waals surface area contributed by atoms with Crippen molar-refractivity contribution < 1.29 is 9.59 Å². The highest BCUT2D eigenvalue weighted by Crippen LogP contribution is 2.23. The summed E-state index contributed by atoms with van der Waals surface area (Å²) in [5.41, 5.74) is 2.88. The summed E-state index contributed by atoms with van der Waals surface area (Å²) in [7, 11) is 0. The number of ketones is 1. The highest BCUT2D eigenvalue weighted by Gasteiger charge is 2.35. The van der Waals surface area contributed by atoms with E-state index in [0.717, 1.165) is 12.0 Å². The van der Waals surface area contributed by atoms with Gasteiger partial charge in [-0.15, -0.1) is 0 Å². The van der Waals surface area contributed by atoms with Crippen molar-refractivity contribution in [3.05, 3.63) is 106 Å². The Kier molecular flexibility index (Phi) is 5.12. The first-order chi connectivity index (χ1) is 14.1. The Morgan fingerprint density at radius 3 is 2.34 bits per heavy atom. The molecule has 0 N–H and O–H groups in total. The molecular weight excluding hydrogens is 364 g/mol. The fraction of sp³-hybridized carbons (Fsp3) is 0.208. The van der Waals surface area contributed by atoms with Gasteiger partial charge in [-0.2, -0.15) is 0 Å². The molecule has 2 heterocycles. The van der Waals surface area contributed by atoms with Gasteiger partial charge in [0.1, 0.15) is 0 Å². The average Bonchev–Trinajstić information content (AvgIpc) is 2.77. The van der Waals surface area contributed by atoms with Gasteiger partial charge in [0, 0.05) is 30.4 Å². The van der Waals surface area contributed by atoms with Crippen molar-refractivity contribution in [3.63, 3.8) is 0 Å². The minimum absolute atomic E-state index is 0.326. The molecule has 1 unspecified atom stereocenters. The standard InChI is InChI=1S/C24H22N2O3/c1-17-8-7-14-26(23(17)28)21(22(27)19-10-3-2-4-11-19)24(29)25-15-13-18-9-5-6-12-20(18)16-25/h2-12,14,21H,13,15-16H2,1H3. The third kappa shape index (κ3) is 3.63. The van der Waals surface area contributed by atoms with E-state index in [1.165, 1.54) is 16.3 Å². The predicted molar refractivity (Wildman–Crippen MR) is 111 cm³/mol. The van der Waals surface area contributed by atoms with Crippen LogP contribution in [0.5, 0.6) is 0 Å². The molecule has 0 aliphatic carbocycles. The maximum Gasteiger partial charge on any atom is 0.254 e. The van der Waals surface area contributed by atoms with Crippen molar-refractivity contribution in [2.24, 2.45) is 0 Å². The zero-order valence-corrected chi connectivity index (χ0v) is 16.2. The molecule has 0 bridgehead atoms. The Hall–Kier alpha value is -3.47. The second-order valence-electron chi connectivity index (χ2n) is 7.31. The molecule has 1 aliphatic heterocycles. The Labute approximate surface area is 169 Å². The van der Waals surface area contributed by atoms with Gasteiger partial charge in [0.2, 0.25) is 0 Å². The highest BCUT2D eigenvalue weighted by molar-refractivity contribution is 6.11. The molecule has 5 nitrogen and oxygen atoms in total. The van der Waals surface area contributed by atoms with Crippen LogP contribution >= 0.6 is 0 Å². The van der Waals surface area contributed by atoms with E-state index in [1.54, 1.807) is 48.2 Å². The second-order valence-corrected chi connectivity index (χ2v) is 7.31. The number of amides is 1. The van der Waals surface area contributed by atoms with E-state index in [1.807, 2.05) is 24.3 Å². The quantitative estimate of drug-likeness (QED) is 0.511. The molecule has 0 saturated heterocycles. The maximum absolute atomic E-state index is 13.5. The van der Waals surface area contributed by atoms with Gasteiger partial charge in [-0.05, 0) is 30.5 Å². The first-order valence-corrected chi connectivity index (χ1v) is 9.69. The molecule has 0 radical (unpaired) electrons. The minimum Gasteiger partial charge on any atom is -0.336 e. The molecular formula is C24H22N2O3. The average molecular weight is 386 g/mol. The molecule has 5 heteroatoms. The van der Waals surface area contributed by atoms with Crippen molar-refractivity contribution >= 4 is 11.7 Å². The van der Waals surface area contributed by atoms with E-state index in [9.17, 15) is 14.4 Å². The molecule has 1 aliphatic rings. The van der Waals surface area contributed by atoms with Crippen molar-refractivity contribution in [2.75, 3.05) is 6.54 Å². The summed E-state index contributed by atoms with van der Waals surface area (Å²) in [5, 5.41) is 0. The van der Waals surface area contributed by atoms with E-state index in [0.29, 0.717) is 24.2 Å². The Balaban J connectivity index is 1.74. The fourth-order valence-corrected chi connectivity index (χ4v) is 3.80. The van der Waals surface area contributed by atoms with Crippen LogP contribution in [0.15, 0.2) is 77.7 Å². The van der Waals surface area contributed by atoms with E-state index in [2.05, 4.69) is 6.07 Å². The monoisotopic (exact) mass is 386 g/mol. The molecule has 1 aromatic heterocycles. The lowest BCUT2D eigenvalue weighted by Crippen LogP contribution is -2.45. The van der Waals surface area contributed by atoms with Crippen LogP contribution in [0.2, 0.25) is 0 Å². The van der Waals surface area contributed by atoms with Crippen molar-refractivity contribution in [3.8, 4) is 0 Å². The van der Waals surface area contributed by atoms with E-state index in [-0.39, 0.29) is 17.2 Å². The number of aryl methyl sites for hydroxylation is 1. The molecule has 1 atom stereocenters. The first kappa shape index (κ1) is 18.9. The van der Waals surface area contributed by atoms with Crippen LogP contribution in [0.4, 0.5) is 0 Å². The number of carbonyl (C=O) groups excluding carboxylic acids is 2. The second kappa shape index (κ2) is 7.87. The summed E-state index contributed by atoms with van der Waals surface area (Å²) >= 11 is 0. The third-order valence-electron chi connectivity index (χ3n) is 5.43. The zero-order valence-electron chi connectivity index (χ0n) is 16.2. The SMILES string of the molecule is Cc1cccn(C(C(=O)c2ccccc2)C(=O)N2CCc3ccccc3C2)c1=O. The number of hydrogen-bond acceptors (Lipinski definition) is 3. The number of fused-ring (bicyclic) bond motifs is 1. The molecule has 0 saturated carbocycles. The summed E-state index contributed by atoms with van der Waals surface area (Å²) in [6.45, 7) is 2.65. The molecule has 2 aromatic carbocycles. The summed E-state index contributed by atoms with van der Waals surface area (Å²) < 4.78 is 1.27. The van der Waals surface area contributed by atoms with Gasteiger partial charge in [0.15, 0.2) is 11.8 Å². The molecule has 0 spiro atoms. The smallest absolute Gasteiger partial charge is 0.254 e. The van der Waals surface area contributed by atoms with Crippen LogP contribution in [0.1, 0.15) is 33.1 Å². The summed E-state index contributed by atoms with van der Waals surface area (Å²) in [6.07, 6.45) is 2.26. The number of aromatic nitrogens is 1. The summed E-state index contributed by atoms with van der Waals surface area (Å²) in [4.78, 5) is 41.3. The number of nitrogens with zero attached hydrogens (tertiary/aromatic N) is 2. The number of Topliss-reactive ketones (excluding diaryl/α,β-unsaturated/α-hetero) is 1. The molecule has 0 fully saturated rings. The van der Waals surface area contributed by atoms with Crippen LogP contribution in [0.3, 0.4) is 0 Å². The van der Waals surface area contributed by atoms with Crippen LogP contribution < -0.4 is 5.56 Å². The maximum atomic E-state index is 13.5. The van der Waals surface area contributed by atoms with Crippen LogP contribution in [0, 0.1) is 6.92 Å². The largest absolute Gasteiger partial charge is 0.336 e. The minimum atomic E-state index is -1.21. The van der Waals surface area contributed by atoms with Crippen LogP contribution in [-0.4, -0.2) is 27.7 Å². The van der Waals surface area contributed by atoms with Crippen LogP contribution in [-0.2, 0) is 17.8 Å². The normalized spacial score (nSPS) is 14.2. The number of carbonyl (C=O) groups is 2.